The zero-order valence-corrected chi connectivity index (χ0v) is 7.66. The Morgan fingerprint density at radius 3 is 3.38 bits per heavy atom. The average molecular weight is 179 g/mol. The van der Waals surface area contributed by atoms with Crippen molar-refractivity contribution in [1.82, 2.24) is 14.9 Å². The second kappa shape index (κ2) is 3.20. The number of nitrogens with one attached hydrogen (secondary N) is 1. The minimum Gasteiger partial charge on any atom is -0.359 e. The van der Waals surface area contributed by atoms with Crippen LogP contribution in [0.4, 0.5) is 0 Å². The maximum Gasteiger partial charge on any atom is 0.223 e. The molecule has 2 rings (SSSR count). The van der Waals surface area contributed by atoms with Gasteiger partial charge in [0.2, 0.25) is 5.91 Å². The molecule has 1 aliphatic heterocycles. The number of amides is 1. The van der Waals surface area contributed by atoms with E-state index in [1.807, 2.05) is 12.5 Å². The van der Waals surface area contributed by atoms with Crippen LogP contribution < -0.4 is 5.32 Å². The van der Waals surface area contributed by atoms with Gasteiger partial charge in [0.1, 0.15) is 0 Å². The van der Waals surface area contributed by atoms with Gasteiger partial charge in [-0.2, -0.15) is 0 Å². The first kappa shape index (κ1) is 8.29. The molecule has 1 atom stereocenters. The topological polar surface area (TPSA) is 46.9 Å². The number of nitrogens with zero attached hydrogens (tertiary/aromatic N) is 2. The summed E-state index contributed by atoms with van der Waals surface area (Å²) in [4.78, 5) is 15.4. The lowest BCUT2D eigenvalue weighted by Gasteiger charge is -2.21. The molecule has 0 bridgehead atoms. The van der Waals surface area contributed by atoms with Crippen LogP contribution >= 0.6 is 0 Å². The van der Waals surface area contributed by atoms with Crippen LogP contribution in [0, 0.1) is 5.92 Å². The maximum atomic E-state index is 11.4. The van der Waals surface area contributed by atoms with Gasteiger partial charge in [-0.3, -0.25) is 4.79 Å². The Labute approximate surface area is 77.0 Å². The molecule has 0 aliphatic carbocycles. The second-order valence-electron chi connectivity index (χ2n) is 3.38. The number of rotatable bonds is 1. The van der Waals surface area contributed by atoms with Crippen molar-refractivity contribution in [2.24, 2.45) is 5.92 Å². The molecule has 1 amide bonds. The Hall–Kier alpha value is -1.32. The standard InChI is InChI=1S/C9H13N3O/c1-10-9(13)7-2-3-12-6-11-5-8(12)4-7/h5-7H,2-4H2,1H3,(H,10,13). The normalized spacial score (nSPS) is 20.8. The number of aryl methyl sites for hydroxylation is 1. The van der Waals surface area contributed by atoms with E-state index in [1.165, 1.54) is 5.69 Å². The van der Waals surface area contributed by atoms with Gasteiger partial charge in [-0.05, 0) is 6.42 Å². The molecular weight excluding hydrogens is 166 g/mol. The Morgan fingerprint density at radius 2 is 2.62 bits per heavy atom. The quantitative estimate of drug-likeness (QED) is 0.669. The molecular formula is C9H13N3O. The van der Waals surface area contributed by atoms with Crippen molar-refractivity contribution < 1.29 is 4.79 Å². The summed E-state index contributed by atoms with van der Waals surface area (Å²) in [6, 6.07) is 0. The lowest BCUT2D eigenvalue weighted by molar-refractivity contribution is -0.125. The Balaban J connectivity index is 2.13. The fourth-order valence-electron chi connectivity index (χ4n) is 1.80. The first-order valence-corrected chi connectivity index (χ1v) is 4.52. The summed E-state index contributed by atoms with van der Waals surface area (Å²) in [7, 11) is 1.69. The lowest BCUT2D eigenvalue weighted by atomic mass is 9.95. The van der Waals surface area contributed by atoms with E-state index in [0.717, 1.165) is 19.4 Å². The number of hydrogen-bond acceptors (Lipinski definition) is 2. The fraction of sp³-hybridized carbons (Fsp3) is 0.556. The van der Waals surface area contributed by atoms with Crippen LogP contribution in [0.2, 0.25) is 0 Å². The van der Waals surface area contributed by atoms with E-state index in [1.54, 1.807) is 7.05 Å². The highest BCUT2D eigenvalue weighted by Gasteiger charge is 2.23. The van der Waals surface area contributed by atoms with Crippen molar-refractivity contribution in [3.05, 3.63) is 18.2 Å². The van der Waals surface area contributed by atoms with Crippen LogP contribution in [0.3, 0.4) is 0 Å². The smallest absolute Gasteiger partial charge is 0.223 e. The molecule has 0 saturated heterocycles. The zero-order valence-electron chi connectivity index (χ0n) is 7.66. The minimum absolute atomic E-state index is 0.134. The van der Waals surface area contributed by atoms with Crippen LogP contribution in [0.1, 0.15) is 12.1 Å². The number of carbonyl (C=O) groups is 1. The van der Waals surface area contributed by atoms with Gasteiger partial charge in [-0.25, -0.2) is 4.98 Å². The minimum atomic E-state index is 0.134. The van der Waals surface area contributed by atoms with E-state index >= 15 is 0 Å². The first-order valence-electron chi connectivity index (χ1n) is 4.52. The molecule has 1 aliphatic rings. The molecule has 2 heterocycles. The van der Waals surface area contributed by atoms with E-state index in [4.69, 9.17) is 0 Å². The molecule has 0 radical (unpaired) electrons. The third-order valence-electron chi connectivity index (χ3n) is 2.59. The number of aromatic nitrogens is 2. The summed E-state index contributed by atoms with van der Waals surface area (Å²) in [6.45, 7) is 0.910. The number of imidazole rings is 1. The number of fused-ring (bicyclic) bond motifs is 1. The van der Waals surface area contributed by atoms with Gasteiger partial charge < -0.3 is 9.88 Å². The average Bonchev–Trinajstić information content (AvgIpc) is 2.63. The molecule has 1 aromatic rings. The van der Waals surface area contributed by atoms with Crippen LogP contribution in [0.25, 0.3) is 0 Å². The highest BCUT2D eigenvalue weighted by Crippen LogP contribution is 2.19. The molecule has 4 heteroatoms. The van der Waals surface area contributed by atoms with Crippen molar-refractivity contribution in [3.63, 3.8) is 0 Å². The first-order chi connectivity index (χ1) is 6.31. The van der Waals surface area contributed by atoms with Gasteiger partial charge in [-0.1, -0.05) is 0 Å². The highest BCUT2D eigenvalue weighted by molar-refractivity contribution is 5.78. The van der Waals surface area contributed by atoms with Crippen molar-refractivity contribution in [2.75, 3.05) is 7.05 Å². The zero-order chi connectivity index (χ0) is 9.26. The SMILES string of the molecule is CNC(=O)C1CCn2cncc2C1. The van der Waals surface area contributed by atoms with E-state index in [2.05, 4.69) is 14.9 Å². The van der Waals surface area contributed by atoms with E-state index in [0.29, 0.717) is 0 Å². The molecule has 0 saturated carbocycles. The molecule has 4 nitrogen and oxygen atoms in total. The summed E-state index contributed by atoms with van der Waals surface area (Å²) in [5.74, 6) is 0.279. The predicted octanol–water partition coefficient (Wildman–Crippen LogP) is 0.191. The lowest BCUT2D eigenvalue weighted by Crippen LogP contribution is -2.32. The van der Waals surface area contributed by atoms with Crippen LogP contribution in [-0.4, -0.2) is 22.5 Å². The van der Waals surface area contributed by atoms with Gasteiger partial charge in [-0.15, -0.1) is 0 Å². The van der Waals surface area contributed by atoms with Crippen molar-refractivity contribution in [2.45, 2.75) is 19.4 Å². The van der Waals surface area contributed by atoms with Crippen LogP contribution in [0.5, 0.6) is 0 Å². The van der Waals surface area contributed by atoms with Crippen LogP contribution in [0.15, 0.2) is 12.5 Å². The summed E-state index contributed by atoms with van der Waals surface area (Å²) in [6.07, 6.45) is 5.41. The number of carbonyl (C=O) groups excluding carboxylic acids is 1. The summed E-state index contributed by atoms with van der Waals surface area (Å²) in [5, 5.41) is 2.69. The monoisotopic (exact) mass is 179 g/mol. The summed E-state index contributed by atoms with van der Waals surface area (Å²) in [5.41, 5.74) is 1.17. The molecule has 1 N–H and O–H groups in total. The summed E-state index contributed by atoms with van der Waals surface area (Å²) >= 11 is 0. The van der Waals surface area contributed by atoms with Crippen molar-refractivity contribution in [3.8, 4) is 0 Å². The molecule has 13 heavy (non-hydrogen) atoms. The van der Waals surface area contributed by atoms with Gasteiger partial charge in [0.25, 0.3) is 0 Å². The van der Waals surface area contributed by atoms with Crippen LogP contribution in [-0.2, 0) is 17.8 Å². The second-order valence-corrected chi connectivity index (χ2v) is 3.38. The molecule has 1 unspecified atom stereocenters. The molecule has 0 aromatic carbocycles. The fourth-order valence-corrected chi connectivity index (χ4v) is 1.80. The van der Waals surface area contributed by atoms with Crippen molar-refractivity contribution >= 4 is 5.91 Å². The third-order valence-corrected chi connectivity index (χ3v) is 2.59. The molecule has 0 fully saturated rings. The van der Waals surface area contributed by atoms with E-state index in [9.17, 15) is 4.79 Å². The molecule has 70 valence electrons. The predicted molar refractivity (Wildman–Crippen MR) is 48.1 cm³/mol. The largest absolute Gasteiger partial charge is 0.359 e. The van der Waals surface area contributed by atoms with Gasteiger partial charge in [0.05, 0.1) is 6.33 Å². The van der Waals surface area contributed by atoms with Gasteiger partial charge >= 0.3 is 0 Å². The van der Waals surface area contributed by atoms with Crippen molar-refractivity contribution in [1.29, 1.82) is 0 Å². The van der Waals surface area contributed by atoms with E-state index in [-0.39, 0.29) is 11.8 Å². The Morgan fingerprint density at radius 1 is 1.77 bits per heavy atom. The highest BCUT2D eigenvalue weighted by atomic mass is 16.1. The maximum absolute atomic E-state index is 11.4. The van der Waals surface area contributed by atoms with Gasteiger partial charge in [0.15, 0.2) is 0 Å². The Kier molecular flexibility index (Phi) is 2.04. The Bertz CT molecular complexity index is 318. The summed E-state index contributed by atoms with van der Waals surface area (Å²) < 4.78 is 2.11. The third kappa shape index (κ3) is 1.43. The van der Waals surface area contributed by atoms with Gasteiger partial charge in [0, 0.05) is 37.8 Å². The number of hydrogen-bond donors (Lipinski definition) is 1. The van der Waals surface area contributed by atoms with E-state index < -0.39 is 0 Å². The molecule has 1 aromatic heterocycles. The molecule has 0 spiro atoms.